The van der Waals surface area contributed by atoms with Gasteiger partial charge >= 0.3 is 17.9 Å². The highest BCUT2D eigenvalue weighted by Crippen LogP contribution is 2.21. The van der Waals surface area contributed by atoms with Crippen LogP contribution in [0, 0.1) is 0 Å². The molecule has 0 rings (SSSR count). The third-order valence-corrected chi connectivity index (χ3v) is 19.0. The van der Waals surface area contributed by atoms with E-state index in [-0.39, 0.29) is 38.2 Å². The molecule has 91 heavy (non-hydrogen) atoms. The van der Waals surface area contributed by atoms with E-state index in [9.17, 15) is 19.5 Å². The van der Waals surface area contributed by atoms with Crippen LogP contribution in [0.1, 0.15) is 438 Å². The Hall–Kier alpha value is -1.97. The number of likely N-dealkylation sites (N-methyl/N-ethyl adjacent to an activating group) is 1. The van der Waals surface area contributed by atoms with Crippen LogP contribution in [0.5, 0.6) is 0 Å². The number of unbranched alkanes of at least 4 members (excludes halogenated alkanes) is 61. The number of ether oxygens (including phenoxy) is 4. The summed E-state index contributed by atoms with van der Waals surface area (Å²) in [6, 6.07) is 0. The summed E-state index contributed by atoms with van der Waals surface area (Å²) in [6.07, 6.45) is 89.6. The Labute approximate surface area is 567 Å². The molecule has 540 valence electrons. The molecule has 0 amide bonds. The Kier molecular flexibility index (Phi) is 72.2. The lowest BCUT2D eigenvalue weighted by molar-refractivity contribution is -0.870. The number of carbonyl (C=O) groups is 3. The van der Waals surface area contributed by atoms with Crippen molar-refractivity contribution in [2.75, 3.05) is 47.5 Å². The summed E-state index contributed by atoms with van der Waals surface area (Å²) in [5, 5.41) is 9.77. The zero-order valence-corrected chi connectivity index (χ0v) is 62.1. The largest absolute Gasteiger partial charge is 0.477 e. The summed E-state index contributed by atoms with van der Waals surface area (Å²) in [4.78, 5) is 37.7. The summed E-state index contributed by atoms with van der Waals surface area (Å²) in [6.45, 7) is 4.98. The second kappa shape index (κ2) is 73.8. The fourth-order valence-corrected chi connectivity index (χ4v) is 12.8. The number of esters is 2. The van der Waals surface area contributed by atoms with Gasteiger partial charge in [-0.3, -0.25) is 9.59 Å². The zero-order valence-electron chi connectivity index (χ0n) is 62.1. The minimum atomic E-state index is -1.51. The Bertz CT molecular complexity index is 1500. The van der Waals surface area contributed by atoms with E-state index in [0.29, 0.717) is 17.4 Å². The third kappa shape index (κ3) is 75.3. The first kappa shape index (κ1) is 89.0. The van der Waals surface area contributed by atoms with Crippen molar-refractivity contribution in [1.82, 2.24) is 0 Å². The minimum Gasteiger partial charge on any atom is -0.477 e. The van der Waals surface area contributed by atoms with Crippen LogP contribution in [0.2, 0.25) is 0 Å². The van der Waals surface area contributed by atoms with Gasteiger partial charge in [0.05, 0.1) is 34.4 Å². The first-order valence-electron chi connectivity index (χ1n) is 40.9. The van der Waals surface area contributed by atoms with Crippen LogP contribution in [0.25, 0.3) is 0 Å². The summed E-state index contributed by atoms with van der Waals surface area (Å²) < 4.78 is 23.1. The van der Waals surface area contributed by atoms with E-state index in [1.165, 1.54) is 372 Å². The highest BCUT2D eigenvalue weighted by Gasteiger charge is 2.25. The molecule has 0 saturated heterocycles. The van der Waals surface area contributed by atoms with Crippen molar-refractivity contribution in [2.24, 2.45) is 0 Å². The highest BCUT2D eigenvalue weighted by atomic mass is 16.7. The predicted molar refractivity (Wildman–Crippen MR) is 392 cm³/mol. The molecule has 0 bridgehead atoms. The van der Waals surface area contributed by atoms with Gasteiger partial charge in [0.1, 0.15) is 13.2 Å². The molecular formula is C82H160NO8+. The molecule has 0 fully saturated rings. The third-order valence-electron chi connectivity index (χ3n) is 19.0. The number of nitrogens with zero attached hydrogens (tertiary/aromatic N) is 1. The molecule has 0 saturated carbocycles. The molecular weight excluding hydrogens is 1130 g/mol. The first-order chi connectivity index (χ1) is 44.6. The van der Waals surface area contributed by atoms with Crippen molar-refractivity contribution in [3.63, 3.8) is 0 Å². The second-order valence-corrected chi connectivity index (χ2v) is 29.4. The van der Waals surface area contributed by atoms with Crippen LogP contribution >= 0.6 is 0 Å². The van der Waals surface area contributed by atoms with Crippen molar-refractivity contribution < 1.29 is 42.9 Å². The topological polar surface area (TPSA) is 108 Å². The van der Waals surface area contributed by atoms with E-state index >= 15 is 0 Å². The van der Waals surface area contributed by atoms with Crippen molar-refractivity contribution in [3.05, 3.63) is 12.2 Å². The van der Waals surface area contributed by atoms with Crippen LogP contribution in [-0.4, -0.2) is 87.4 Å². The molecule has 0 aliphatic rings. The van der Waals surface area contributed by atoms with Gasteiger partial charge in [0.2, 0.25) is 0 Å². The van der Waals surface area contributed by atoms with Crippen LogP contribution in [0.3, 0.4) is 0 Å². The molecule has 2 atom stereocenters. The Morgan fingerprint density at radius 1 is 0.319 bits per heavy atom. The average molecular weight is 1290 g/mol. The molecule has 2 unspecified atom stereocenters. The number of carboxylic acids is 1. The summed E-state index contributed by atoms with van der Waals surface area (Å²) >= 11 is 0. The maximum absolute atomic E-state index is 13.0. The summed E-state index contributed by atoms with van der Waals surface area (Å²) in [5.74, 6) is -1.96. The minimum absolute atomic E-state index is 0.172. The van der Waals surface area contributed by atoms with Crippen molar-refractivity contribution in [3.8, 4) is 0 Å². The van der Waals surface area contributed by atoms with Gasteiger partial charge in [-0.05, 0) is 38.5 Å². The monoisotopic (exact) mass is 1290 g/mol. The fraction of sp³-hybridized carbons (Fsp3) is 0.939. The zero-order chi connectivity index (χ0) is 66.1. The summed E-state index contributed by atoms with van der Waals surface area (Å²) in [7, 11) is 6.00. The quantitative estimate of drug-likeness (QED) is 0.0211. The van der Waals surface area contributed by atoms with Gasteiger partial charge in [-0.1, -0.05) is 398 Å². The highest BCUT2D eigenvalue weighted by molar-refractivity contribution is 5.71. The van der Waals surface area contributed by atoms with Crippen molar-refractivity contribution in [2.45, 2.75) is 450 Å². The smallest absolute Gasteiger partial charge is 0.361 e. The van der Waals surface area contributed by atoms with E-state index in [4.69, 9.17) is 18.9 Å². The number of carboxylic acid groups (broad SMARTS) is 1. The normalized spacial score (nSPS) is 12.6. The van der Waals surface area contributed by atoms with Crippen LogP contribution < -0.4 is 0 Å². The number of rotatable bonds is 78. The molecule has 0 heterocycles. The van der Waals surface area contributed by atoms with Gasteiger partial charge < -0.3 is 28.5 Å². The molecule has 0 spiro atoms. The molecule has 0 radical (unpaired) electrons. The van der Waals surface area contributed by atoms with Gasteiger partial charge in [0.25, 0.3) is 6.29 Å². The lowest BCUT2D eigenvalue weighted by Gasteiger charge is -2.25. The summed E-state index contributed by atoms with van der Waals surface area (Å²) in [5.41, 5.74) is 0. The molecule has 0 aromatic rings. The van der Waals surface area contributed by atoms with Gasteiger partial charge in [-0.2, -0.15) is 0 Å². The van der Waals surface area contributed by atoms with Gasteiger partial charge in [-0.15, -0.1) is 0 Å². The first-order valence-corrected chi connectivity index (χ1v) is 40.9. The molecule has 0 aliphatic heterocycles. The molecule has 0 aliphatic carbocycles. The number of aliphatic carboxylic acids is 1. The van der Waals surface area contributed by atoms with E-state index in [1.54, 1.807) is 0 Å². The van der Waals surface area contributed by atoms with Gasteiger partial charge in [-0.25, -0.2) is 4.79 Å². The number of allylic oxidation sites excluding steroid dienone is 2. The van der Waals surface area contributed by atoms with Gasteiger partial charge in [0, 0.05) is 12.8 Å². The Morgan fingerprint density at radius 2 is 0.560 bits per heavy atom. The average Bonchev–Trinajstić information content (AvgIpc) is 3.50. The maximum Gasteiger partial charge on any atom is 0.361 e. The van der Waals surface area contributed by atoms with Crippen molar-refractivity contribution >= 4 is 17.9 Å². The van der Waals surface area contributed by atoms with E-state index < -0.39 is 18.4 Å². The number of quaternary nitrogens is 1. The van der Waals surface area contributed by atoms with Gasteiger partial charge in [0.15, 0.2) is 6.10 Å². The standard InChI is InChI=1S/C82H159NO8/c1-6-8-10-12-14-16-18-20-22-24-26-28-30-32-34-36-37-38-39-40-41-42-43-45-47-49-51-53-55-57-59-61-63-65-67-69-71-73-80(85)91-78(77-90-82(81(86)87)88-75-74-83(3,4)5)76-89-79(84)72-70-68-66-64-62-60-58-56-54-52-50-48-46-44-35-33-31-29-27-25-23-21-19-17-15-13-11-9-7-2/h24,26,78,82H,6-23,25,27-77H2,1-5H3/p+1/b26-24-. The second-order valence-electron chi connectivity index (χ2n) is 29.4. The number of hydrogen-bond donors (Lipinski definition) is 1. The van der Waals surface area contributed by atoms with Crippen LogP contribution in [0.4, 0.5) is 0 Å². The van der Waals surface area contributed by atoms with Crippen LogP contribution in [-0.2, 0) is 33.3 Å². The lowest BCUT2D eigenvalue weighted by atomic mass is 10.0. The molecule has 9 heteroatoms. The molecule has 0 aromatic heterocycles. The number of carbonyl (C=O) groups excluding carboxylic acids is 2. The van der Waals surface area contributed by atoms with E-state index in [1.807, 2.05) is 21.1 Å². The lowest BCUT2D eigenvalue weighted by Crippen LogP contribution is -2.40. The SMILES string of the molecule is CCCCCCCCCC/C=C\CCCCCCCCCCCCCCCCCCCCCCCCCCCC(=O)OC(COC(=O)CCCCCCCCCCCCCCCCCCCCCCCCCCCCCCC)COC(OCC[N+](C)(C)C)C(=O)O. The Morgan fingerprint density at radius 3 is 0.813 bits per heavy atom. The Balaban J connectivity index is 3.94. The van der Waals surface area contributed by atoms with Crippen LogP contribution in [0.15, 0.2) is 12.2 Å². The molecule has 0 aromatic carbocycles. The van der Waals surface area contributed by atoms with E-state index in [0.717, 1.165) is 38.5 Å². The van der Waals surface area contributed by atoms with Crippen molar-refractivity contribution in [1.29, 1.82) is 0 Å². The molecule has 1 N–H and O–H groups in total. The maximum atomic E-state index is 13.0. The predicted octanol–water partition coefficient (Wildman–Crippen LogP) is 25.9. The number of hydrogen-bond acceptors (Lipinski definition) is 7. The fourth-order valence-electron chi connectivity index (χ4n) is 12.8. The molecule has 9 nitrogen and oxygen atoms in total. The van der Waals surface area contributed by atoms with E-state index in [2.05, 4.69) is 26.0 Å².